The Labute approximate surface area is 125 Å². The topological polar surface area (TPSA) is 53.0 Å². The SMILES string of the molecule is Cc1cc(C(=O)O)ccc1N1CCC(N2CCOCC2)C1. The fourth-order valence-corrected chi connectivity index (χ4v) is 3.34. The van der Waals surface area contributed by atoms with Gasteiger partial charge in [-0.2, -0.15) is 0 Å². The molecule has 0 aliphatic carbocycles. The van der Waals surface area contributed by atoms with E-state index >= 15 is 0 Å². The van der Waals surface area contributed by atoms with Crippen LogP contribution in [0.25, 0.3) is 0 Å². The molecule has 1 aromatic carbocycles. The molecule has 0 radical (unpaired) electrons. The quantitative estimate of drug-likeness (QED) is 0.916. The van der Waals surface area contributed by atoms with E-state index in [0.717, 1.165) is 50.6 Å². The molecule has 1 N–H and O–H groups in total. The van der Waals surface area contributed by atoms with Gasteiger partial charge in [-0.1, -0.05) is 0 Å². The molecule has 0 aromatic heterocycles. The van der Waals surface area contributed by atoms with Gasteiger partial charge in [0.2, 0.25) is 0 Å². The maximum Gasteiger partial charge on any atom is 0.335 e. The van der Waals surface area contributed by atoms with E-state index in [-0.39, 0.29) is 0 Å². The number of carbonyl (C=O) groups is 1. The molecule has 0 bridgehead atoms. The van der Waals surface area contributed by atoms with E-state index in [0.29, 0.717) is 11.6 Å². The molecular weight excluding hydrogens is 268 g/mol. The Kier molecular flexibility index (Phi) is 4.12. The van der Waals surface area contributed by atoms with Crippen LogP contribution in [-0.4, -0.2) is 61.4 Å². The van der Waals surface area contributed by atoms with Gasteiger partial charge in [0.25, 0.3) is 0 Å². The van der Waals surface area contributed by atoms with Crippen LogP contribution in [0.15, 0.2) is 18.2 Å². The fraction of sp³-hybridized carbons (Fsp3) is 0.562. The Bertz CT molecular complexity index is 526. The zero-order valence-electron chi connectivity index (χ0n) is 12.4. The molecule has 2 saturated heterocycles. The highest BCUT2D eigenvalue weighted by molar-refractivity contribution is 5.88. The number of hydrogen-bond donors (Lipinski definition) is 1. The molecule has 2 aliphatic heterocycles. The van der Waals surface area contributed by atoms with Gasteiger partial charge in [-0.05, 0) is 37.1 Å². The molecule has 0 amide bonds. The average molecular weight is 290 g/mol. The van der Waals surface area contributed by atoms with Crippen molar-refractivity contribution in [1.82, 2.24) is 4.90 Å². The van der Waals surface area contributed by atoms with Crippen LogP contribution in [0.4, 0.5) is 5.69 Å². The van der Waals surface area contributed by atoms with E-state index in [9.17, 15) is 4.79 Å². The summed E-state index contributed by atoms with van der Waals surface area (Å²) in [5.41, 5.74) is 2.56. The van der Waals surface area contributed by atoms with Crippen molar-refractivity contribution in [3.05, 3.63) is 29.3 Å². The zero-order chi connectivity index (χ0) is 14.8. The van der Waals surface area contributed by atoms with Gasteiger partial charge < -0.3 is 14.7 Å². The summed E-state index contributed by atoms with van der Waals surface area (Å²) in [4.78, 5) is 15.9. The Morgan fingerprint density at radius 1 is 1.29 bits per heavy atom. The molecule has 1 aromatic rings. The molecule has 2 fully saturated rings. The van der Waals surface area contributed by atoms with E-state index in [1.54, 1.807) is 12.1 Å². The van der Waals surface area contributed by atoms with E-state index in [1.807, 2.05) is 13.0 Å². The van der Waals surface area contributed by atoms with Gasteiger partial charge >= 0.3 is 5.97 Å². The van der Waals surface area contributed by atoms with Crippen molar-refractivity contribution in [2.45, 2.75) is 19.4 Å². The summed E-state index contributed by atoms with van der Waals surface area (Å²) in [6, 6.07) is 6.00. The van der Waals surface area contributed by atoms with E-state index in [4.69, 9.17) is 9.84 Å². The first-order valence-electron chi connectivity index (χ1n) is 7.56. The number of nitrogens with zero attached hydrogens (tertiary/aromatic N) is 2. The van der Waals surface area contributed by atoms with Crippen LogP contribution in [0.2, 0.25) is 0 Å². The number of hydrogen-bond acceptors (Lipinski definition) is 4. The number of morpholine rings is 1. The van der Waals surface area contributed by atoms with Crippen LogP contribution in [0.3, 0.4) is 0 Å². The van der Waals surface area contributed by atoms with Crippen LogP contribution < -0.4 is 4.90 Å². The highest BCUT2D eigenvalue weighted by Crippen LogP contribution is 2.27. The van der Waals surface area contributed by atoms with Crippen molar-refractivity contribution in [3.8, 4) is 0 Å². The monoisotopic (exact) mass is 290 g/mol. The molecule has 3 rings (SSSR count). The summed E-state index contributed by atoms with van der Waals surface area (Å²) in [6.07, 6.45) is 1.17. The lowest BCUT2D eigenvalue weighted by atomic mass is 10.1. The van der Waals surface area contributed by atoms with Crippen LogP contribution in [0, 0.1) is 6.92 Å². The maximum absolute atomic E-state index is 11.0. The van der Waals surface area contributed by atoms with Crippen LogP contribution in [0.1, 0.15) is 22.3 Å². The molecule has 0 saturated carbocycles. The number of carboxylic acid groups (broad SMARTS) is 1. The van der Waals surface area contributed by atoms with Gasteiger partial charge in [-0.25, -0.2) is 4.79 Å². The number of anilines is 1. The van der Waals surface area contributed by atoms with Gasteiger partial charge in [-0.15, -0.1) is 0 Å². The predicted octanol–water partition coefficient (Wildman–Crippen LogP) is 1.60. The molecule has 114 valence electrons. The van der Waals surface area contributed by atoms with Gasteiger partial charge in [0.1, 0.15) is 0 Å². The van der Waals surface area contributed by atoms with Crippen molar-refractivity contribution < 1.29 is 14.6 Å². The minimum atomic E-state index is -0.864. The van der Waals surface area contributed by atoms with Gasteiger partial charge in [-0.3, -0.25) is 4.90 Å². The summed E-state index contributed by atoms with van der Waals surface area (Å²) < 4.78 is 5.41. The van der Waals surface area contributed by atoms with Crippen LogP contribution >= 0.6 is 0 Å². The van der Waals surface area contributed by atoms with E-state index < -0.39 is 5.97 Å². The first kappa shape index (κ1) is 14.4. The number of aryl methyl sites for hydroxylation is 1. The van der Waals surface area contributed by atoms with Crippen molar-refractivity contribution in [2.24, 2.45) is 0 Å². The molecular formula is C16H22N2O3. The minimum Gasteiger partial charge on any atom is -0.478 e. The minimum absolute atomic E-state index is 0.361. The Hall–Kier alpha value is -1.59. The molecule has 2 aliphatic rings. The molecule has 0 spiro atoms. The highest BCUT2D eigenvalue weighted by atomic mass is 16.5. The Morgan fingerprint density at radius 3 is 2.71 bits per heavy atom. The predicted molar refractivity (Wildman–Crippen MR) is 81.1 cm³/mol. The Morgan fingerprint density at radius 2 is 2.05 bits per heavy atom. The lowest BCUT2D eigenvalue weighted by molar-refractivity contribution is 0.0209. The normalized spacial score (nSPS) is 23.5. The first-order chi connectivity index (χ1) is 10.1. The largest absolute Gasteiger partial charge is 0.478 e. The van der Waals surface area contributed by atoms with Gasteiger partial charge in [0, 0.05) is 37.9 Å². The summed E-state index contributed by atoms with van der Waals surface area (Å²) in [5.74, 6) is -0.864. The molecule has 2 heterocycles. The third kappa shape index (κ3) is 3.04. The van der Waals surface area contributed by atoms with Crippen LogP contribution in [-0.2, 0) is 4.74 Å². The second-order valence-electron chi connectivity index (χ2n) is 5.84. The lowest BCUT2D eigenvalue weighted by Crippen LogP contribution is -2.44. The standard InChI is InChI=1S/C16H22N2O3/c1-12-10-13(16(19)20)2-3-15(12)18-5-4-14(11-18)17-6-8-21-9-7-17/h2-3,10,14H,4-9,11H2,1H3,(H,19,20). The van der Waals surface area contributed by atoms with Crippen molar-refractivity contribution in [2.75, 3.05) is 44.3 Å². The summed E-state index contributed by atoms with van der Waals surface area (Å²) >= 11 is 0. The molecule has 1 atom stereocenters. The summed E-state index contributed by atoms with van der Waals surface area (Å²) in [5, 5.41) is 9.05. The number of aromatic carboxylic acids is 1. The highest BCUT2D eigenvalue weighted by Gasteiger charge is 2.29. The third-order valence-electron chi connectivity index (χ3n) is 4.51. The van der Waals surface area contributed by atoms with Crippen LogP contribution in [0.5, 0.6) is 0 Å². The molecule has 1 unspecified atom stereocenters. The smallest absolute Gasteiger partial charge is 0.335 e. The van der Waals surface area contributed by atoms with E-state index in [2.05, 4.69) is 9.80 Å². The van der Waals surface area contributed by atoms with Gasteiger partial charge in [0.05, 0.1) is 18.8 Å². The third-order valence-corrected chi connectivity index (χ3v) is 4.51. The van der Waals surface area contributed by atoms with Gasteiger partial charge in [0.15, 0.2) is 0 Å². The molecule has 21 heavy (non-hydrogen) atoms. The number of rotatable bonds is 3. The molecule has 5 heteroatoms. The fourth-order valence-electron chi connectivity index (χ4n) is 3.34. The molecule has 5 nitrogen and oxygen atoms in total. The number of ether oxygens (including phenoxy) is 1. The number of benzene rings is 1. The zero-order valence-corrected chi connectivity index (χ0v) is 12.4. The lowest BCUT2D eigenvalue weighted by Gasteiger charge is -2.32. The Balaban J connectivity index is 1.69. The summed E-state index contributed by atoms with van der Waals surface area (Å²) in [6.45, 7) is 7.77. The number of carboxylic acids is 1. The average Bonchev–Trinajstić information content (AvgIpc) is 2.97. The first-order valence-corrected chi connectivity index (χ1v) is 7.56. The summed E-state index contributed by atoms with van der Waals surface area (Å²) in [7, 11) is 0. The van der Waals surface area contributed by atoms with Crippen molar-refractivity contribution >= 4 is 11.7 Å². The van der Waals surface area contributed by atoms with E-state index in [1.165, 1.54) is 6.42 Å². The second-order valence-corrected chi connectivity index (χ2v) is 5.84. The maximum atomic E-state index is 11.0. The second kappa shape index (κ2) is 6.03. The van der Waals surface area contributed by atoms with Crippen molar-refractivity contribution in [3.63, 3.8) is 0 Å². The van der Waals surface area contributed by atoms with Crippen molar-refractivity contribution in [1.29, 1.82) is 0 Å².